The van der Waals surface area contributed by atoms with E-state index in [4.69, 9.17) is 8.74 Å². The number of phenolic OH excluding ortho intramolecular Hbond substituents is 1. The van der Waals surface area contributed by atoms with Gasteiger partial charge in [0.15, 0.2) is 0 Å². The molecule has 4 nitrogen and oxygen atoms in total. The standard InChI is InChI=1S/C10H14O4S/c1-6(2)8-5-10(14-15(12)13)7(3)4-9(8)11/h4-6,11H,1-3H3,(H,12,13). The minimum atomic E-state index is -2.34. The summed E-state index contributed by atoms with van der Waals surface area (Å²) in [5.74, 6) is 0.621. The van der Waals surface area contributed by atoms with E-state index < -0.39 is 11.4 Å². The Morgan fingerprint density at radius 2 is 2.00 bits per heavy atom. The second kappa shape index (κ2) is 4.63. The summed E-state index contributed by atoms with van der Waals surface area (Å²) in [5, 5.41) is 9.63. The van der Waals surface area contributed by atoms with E-state index in [9.17, 15) is 9.32 Å². The SMILES string of the molecule is Cc1cc(O)c(C(C)C)cc1OS(=O)O. The van der Waals surface area contributed by atoms with Crippen LogP contribution in [0.2, 0.25) is 0 Å². The third kappa shape index (κ3) is 2.94. The molecule has 1 rings (SSSR count). The van der Waals surface area contributed by atoms with Crippen molar-refractivity contribution >= 4 is 11.4 Å². The summed E-state index contributed by atoms with van der Waals surface area (Å²) >= 11 is -2.34. The van der Waals surface area contributed by atoms with Gasteiger partial charge in [0.1, 0.15) is 11.5 Å². The number of rotatable bonds is 3. The number of hydrogen-bond donors (Lipinski definition) is 2. The largest absolute Gasteiger partial charge is 0.508 e. The summed E-state index contributed by atoms with van der Waals surface area (Å²) < 4.78 is 23.8. The summed E-state index contributed by atoms with van der Waals surface area (Å²) in [6.07, 6.45) is 0. The first-order chi connectivity index (χ1) is 6.91. The van der Waals surface area contributed by atoms with Crippen molar-refractivity contribution in [3.05, 3.63) is 23.3 Å². The lowest BCUT2D eigenvalue weighted by molar-refractivity contribution is 0.447. The maximum Gasteiger partial charge on any atom is 0.357 e. The van der Waals surface area contributed by atoms with Crippen LogP contribution in [-0.4, -0.2) is 13.9 Å². The first-order valence-electron chi connectivity index (χ1n) is 4.54. The van der Waals surface area contributed by atoms with Crippen molar-refractivity contribution in [1.29, 1.82) is 0 Å². The number of aryl methyl sites for hydroxylation is 1. The lowest BCUT2D eigenvalue weighted by Gasteiger charge is -2.12. The van der Waals surface area contributed by atoms with Gasteiger partial charge in [0.2, 0.25) is 0 Å². The van der Waals surface area contributed by atoms with Gasteiger partial charge in [-0.25, -0.2) is 0 Å². The van der Waals surface area contributed by atoms with Crippen molar-refractivity contribution in [1.82, 2.24) is 0 Å². The summed E-state index contributed by atoms with van der Waals surface area (Å²) in [7, 11) is 0. The topological polar surface area (TPSA) is 66.8 Å². The monoisotopic (exact) mass is 230 g/mol. The Morgan fingerprint density at radius 1 is 1.40 bits per heavy atom. The fourth-order valence-corrected chi connectivity index (χ4v) is 1.65. The zero-order valence-electron chi connectivity index (χ0n) is 8.85. The zero-order valence-corrected chi connectivity index (χ0v) is 9.67. The predicted octanol–water partition coefficient (Wildman–Crippen LogP) is 2.34. The molecule has 0 aliphatic heterocycles. The highest BCUT2D eigenvalue weighted by Gasteiger charge is 2.12. The van der Waals surface area contributed by atoms with Crippen molar-refractivity contribution in [2.75, 3.05) is 0 Å². The third-order valence-corrected chi connectivity index (χ3v) is 2.43. The Bertz CT molecular complexity index is 387. The Morgan fingerprint density at radius 3 is 2.47 bits per heavy atom. The molecule has 0 bridgehead atoms. The number of benzene rings is 1. The molecule has 1 aromatic rings. The zero-order chi connectivity index (χ0) is 11.6. The van der Waals surface area contributed by atoms with Gasteiger partial charge >= 0.3 is 11.4 Å². The van der Waals surface area contributed by atoms with Crippen molar-refractivity contribution in [2.45, 2.75) is 26.7 Å². The van der Waals surface area contributed by atoms with Gasteiger partial charge in [0.05, 0.1) is 0 Å². The van der Waals surface area contributed by atoms with E-state index in [0.29, 0.717) is 16.9 Å². The molecular formula is C10H14O4S. The molecule has 5 heteroatoms. The summed E-state index contributed by atoms with van der Waals surface area (Å²) in [6.45, 7) is 5.54. The first kappa shape index (κ1) is 12.0. The lowest BCUT2D eigenvalue weighted by atomic mass is 10.00. The van der Waals surface area contributed by atoms with Crippen molar-refractivity contribution < 1.29 is 18.1 Å². The van der Waals surface area contributed by atoms with Crippen molar-refractivity contribution in [3.8, 4) is 11.5 Å². The van der Waals surface area contributed by atoms with Crippen LogP contribution in [0.5, 0.6) is 11.5 Å². The maximum atomic E-state index is 10.5. The molecule has 2 N–H and O–H groups in total. The smallest absolute Gasteiger partial charge is 0.357 e. The van der Waals surface area contributed by atoms with Crippen LogP contribution in [-0.2, 0) is 11.4 Å². The van der Waals surface area contributed by atoms with Gasteiger partial charge in [-0.05, 0) is 30.5 Å². The maximum absolute atomic E-state index is 10.5. The normalized spacial score (nSPS) is 12.9. The van der Waals surface area contributed by atoms with Gasteiger partial charge in [0.25, 0.3) is 0 Å². The number of hydrogen-bond acceptors (Lipinski definition) is 3. The second-order valence-corrected chi connectivity index (χ2v) is 4.23. The Labute approximate surface area is 91.4 Å². The van der Waals surface area contributed by atoms with E-state index in [1.807, 2.05) is 13.8 Å². The van der Waals surface area contributed by atoms with Crippen molar-refractivity contribution in [3.63, 3.8) is 0 Å². The van der Waals surface area contributed by atoms with Crippen LogP contribution in [0.3, 0.4) is 0 Å². The summed E-state index contributed by atoms with van der Waals surface area (Å²) in [5.41, 5.74) is 1.32. The van der Waals surface area contributed by atoms with Gasteiger partial charge < -0.3 is 9.29 Å². The van der Waals surface area contributed by atoms with Crippen molar-refractivity contribution in [2.24, 2.45) is 0 Å². The van der Waals surface area contributed by atoms with Crippen LogP contribution in [0.1, 0.15) is 30.9 Å². The van der Waals surface area contributed by atoms with Gasteiger partial charge in [-0.1, -0.05) is 13.8 Å². The van der Waals surface area contributed by atoms with Crippen LogP contribution in [0.4, 0.5) is 0 Å². The van der Waals surface area contributed by atoms with E-state index in [1.54, 1.807) is 13.0 Å². The van der Waals surface area contributed by atoms with Crippen LogP contribution in [0.15, 0.2) is 12.1 Å². The molecule has 84 valence electrons. The molecule has 0 aliphatic carbocycles. The second-order valence-electron chi connectivity index (χ2n) is 3.63. The fourth-order valence-electron chi connectivity index (χ4n) is 1.32. The van der Waals surface area contributed by atoms with Crippen LogP contribution in [0, 0.1) is 6.92 Å². The Kier molecular flexibility index (Phi) is 3.71. The molecular weight excluding hydrogens is 216 g/mol. The summed E-state index contributed by atoms with van der Waals surface area (Å²) in [6, 6.07) is 3.11. The fraction of sp³-hybridized carbons (Fsp3) is 0.400. The molecule has 0 aliphatic rings. The van der Waals surface area contributed by atoms with Gasteiger partial charge in [-0.2, -0.15) is 4.21 Å². The predicted molar refractivity (Wildman–Crippen MR) is 58.3 cm³/mol. The summed E-state index contributed by atoms with van der Waals surface area (Å²) in [4.78, 5) is 0. The molecule has 0 spiro atoms. The minimum Gasteiger partial charge on any atom is -0.508 e. The highest BCUT2D eigenvalue weighted by atomic mass is 32.2. The van der Waals surface area contributed by atoms with E-state index in [0.717, 1.165) is 0 Å². The van der Waals surface area contributed by atoms with Gasteiger partial charge in [-0.15, -0.1) is 0 Å². The molecule has 1 unspecified atom stereocenters. The van der Waals surface area contributed by atoms with E-state index in [1.165, 1.54) is 6.07 Å². The molecule has 15 heavy (non-hydrogen) atoms. The number of aromatic hydroxyl groups is 1. The van der Waals surface area contributed by atoms with Gasteiger partial charge in [-0.3, -0.25) is 4.55 Å². The first-order valence-corrected chi connectivity index (χ1v) is 5.57. The molecule has 0 saturated carbocycles. The lowest BCUT2D eigenvalue weighted by Crippen LogP contribution is -2.00. The van der Waals surface area contributed by atoms with E-state index >= 15 is 0 Å². The minimum absolute atomic E-state index is 0.125. The van der Waals surface area contributed by atoms with E-state index in [2.05, 4.69) is 0 Å². The Balaban J connectivity index is 3.17. The highest BCUT2D eigenvalue weighted by Crippen LogP contribution is 2.32. The molecule has 0 amide bonds. The molecule has 0 radical (unpaired) electrons. The molecule has 0 heterocycles. The van der Waals surface area contributed by atoms with Crippen LogP contribution in [0.25, 0.3) is 0 Å². The van der Waals surface area contributed by atoms with E-state index in [-0.39, 0.29) is 11.7 Å². The highest BCUT2D eigenvalue weighted by molar-refractivity contribution is 7.74. The quantitative estimate of drug-likeness (QED) is 0.782. The molecule has 0 aromatic heterocycles. The molecule has 1 aromatic carbocycles. The van der Waals surface area contributed by atoms with Gasteiger partial charge in [0, 0.05) is 5.56 Å². The number of phenols is 1. The average Bonchev–Trinajstić information content (AvgIpc) is 2.08. The molecule has 0 fully saturated rings. The van der Waals surface area contributed by atoms with Crippen LogP contribution >= 0.6 is 0 Å². The molecule has 1 atom stereocenters. The molecule has 0 saturated heterocycles. The third-order valence-electron chi connectivity index (χ3n) is 2.11. The Hall–Kier alpha value is -1.07. The average molecular weight is 230 g/mol. The van der Waals surface area contributed by atoms with Crippen LogP contribution < -0.4 is 4.18 Å².